The second-order valence-electron chi connectivity index (χ2n) is 4.95. The van der Waals surface area contributed by atoms with Gasteiger partial charge in [-0.2, -0.15) is 0 Å². The van der Waals surface area contributed by atoms with Crippen LogP contribution in [0.15, 0.2) is 10.5 Å². The highest BCUT2D eigenvalue weighted by atomic mass is 79.9. The van der Waals surface area contributed by atoms with Gasteiger partial charge >= 0.3 is 0 Å². The van der Waals surface area contributed by atoms with E-state index in [0.717, 1.165) is 4.47 Å². The zero-order valence-electron chi connectivity index (χ0n) is 10.5. The van der Waals surface area contributed by atoms with Crippen molar-refractivity contribution in [2.45, 2.75) is 45.3 Å². The summed E-state index contributed by atoms with van der Waals surface area (Å²) in [5, 5.41) is 0.0398. The summed E-state index contributed by atoms with van der Waals surface area (Å²) >= 11 is 12.1. The first-order chi connectivity index (χ1) is 7.91. The topological polar surface area (TPSA) is 9.23 Å². The van der Waals surface area contributed by atoms with E-state index in [-0.39, 0.29) is 11.5 Å². The maximum absolute atomic E-state index is 6.69. The lowest BCUT2D eigenvalue weighted by molar-refractivity contribution is 0.0508. The highest BCUT2D eigenvalue weighted by Crippen LogP contribution is 2.47. The molecule has 1 saturated heterocycles. The maximum atomic E-state index is 6.69. The molecule has 0 bridgehead atoms. The lowest BCUT2D eigenvalue weighted by atomic mass is 9.86. The summed E-state index contributed by atoms with van der Waals surface area (Å²) in [7, 11) is 0. The average molecular weight is 338 g/mol. The molecule has 5 atom stereocenters. The van der Waals surface area contributed by atoms with Gasteiger partial charge in [0.15, 0.2) is 0 Å². The normalized spacial score (nSPS) is 35.2. The van der Waals surface area contributed by atoms with Crippen LogP contribution in [0.2, 0.25) is 0 Å². The molecule has 1 aliphatic heterocycles. The van der Waals surface area contributed by atoms with Crippen molar-refractivity contribution >= 4 is 38.9 Å². The molecular formula is C13H18BrClOS. The number of hydrogen-bond acceptors (Lipinski definition) is 2. The minimum Gasteiger partial charge on any atom is -0.375 e. The second kappa shape index (κ2) is 5.20. The summed E-state index contributed by atoms with van der Waals surface area (Å²) in [6, 6.07) is 2.14. The van der Waals surface area contributed by atoms with Crippen molar-refractivity contribution in [1.82, 2.24) is 0 Å². The van der Waals surface area contributed by atoms with Crippen molar-refractivity contribution in [2.24, 2.45) is 11.8 Å². The van der Waals surface area contributed by atoms with Crippen molar-refractivity contribution in [3.8, 4) is 0 Å². The summed E-state index contributed by atoms with van der Waals surface area (Å²) in [5.74, 6) is 0.892. The van der Waals surface area contributed by atoms with Crippen molar-refractivity contribution in [3.63, 3.8) is 0 Å². The van der Waals surface area contributed by atoms with E-state index in [9.17, 15) is 0 Å². The molecule has 5 unspecified atom stereocenters. The SMILES string of the molecule is Cc1cc(Br)c(C(Cl)C2C(C)OC(C)C2C)s1. The van der Waals surface area contributed by atoms with Gasteiger partial charge in [0, 0.05) is 20.1 Å². The van der Waals surface area contributed by atoms with Crippen molar-refractivity contribution in [3.05, 3.63) is 20.3 Å². The quantitative estimate of drug-likeness (QED) is 0.677. The van der Waals surface area contributed by atoms with E-state index < -0.39 is 0 Å². The van der Waals surface area contributed by atoms with Crippen LogP contribution in [0.5, 0.6) is 0 Å². The van der Waals surface area contributed by atoms with E-state index in [4.69, 9.17) is 16.3 Å². The number of ether oxygens (including phenoxy) is 1. The molecule has 17 heavy (non-hydrogen) atoms. The summed E-state index contributed by atoms with van der Waals surface area (Å²) in [6.07, 6.45) is 0.535. The van der Waals surface area contributed by atoms with E-state index in [1.165, 1.54) is 9.75 Å². The van der Waals surface area contributed by atoms with Crippen molar-refractivity contribution in [2.75, 3.05) is 0 Å². The Kier molecular flexibility index (Phi) is 4.24. The van der Waals surface area contributed by atoms with Crippen LogP contribution in [0.25, 0.3) is 0 Å². The van der Waals surface area contributed by atoms with E-state index in [1.807, 2.05) is 0 Å². The van der Waals surface area contributed by atoms with Crippen molar-refractivity contribution < 1.29 is 4.74 Å². The maximum Gasteiger partial charge on any atom is 0.0746 e. The zero-order valence-corrected chi connectivity index (χ0v) is 13.7. The number of thiophene rings is 1. The number of halogens is 2. The monoisotopic (exact) mass is 336 g/mol. The molecule has 1 nitrogen and oxygen atoms in total. The van der Waals surface area contributed by atoms with Gasteiger partial charge in [0.25, 0.3) is 0 Å². The number of hydrogen-bond donors (Lipinski definition) is 0. The Hall–Kier alpha value is 0.430. The van der Waals surface area contributed by atoms with Crippen LogP contribution in [0, 0.1) is 18.8 Å². The molecule has 0 aliphatic carbocycles. The van der Waals surface area contributed by atoms with Gasteiger partial charge in [0.2, 0.25) is 0 Å². The minimum atomic E-state index is 0.0398. The summed E-state index contributed by atoms with van der Waals surface area (Å²) in [4.78, 5) is 2.54. The molecule has 0 spiro atoms. The molecule has 0 radical (unpaired) electrons. The van der Waals surface area contributed by atoms with E-state index >= 15 is 0 Å². The molecule has 1 aromatic heterocycles. The lowest BCUT2D eigenvalue weighted by Gasteiger charge is -2.23. The average Bonchev–Trinajstić information content (AvgIpc) is 2.68. The molecule has 4 heteroatoms. The Bertz CT molecular complexity index is 406. The smallest absolute Gasteiger partial charge is 0.0746 e. The first-order valence-electron chi connectivity index (χ1n) is 5.97. The van der Waals surface area contributed by atoms with Crippen LogP contribution in [0.1, 0.15) is 35.9 Å². The summed E-state index contributed by atoms with van der Waals surface area (Å²) < 4.78 is 7.02. The van der Waals surface area contributed by atoms with Crippen LogP contribution in [-0.2, 0) is 4.74 Å². The third-order valence-electron chi connectivity index (χ3n) is 3.74. The Labute approximate surface area is 121 Å². The van der Waals surface area contributed by atoms with Crippen LogP contribution in [-0.4, -0.2) is 12.2 Å². The van der Waals surface area contributed by atoms with E-state index in [2.05, 4.69) is 49.7 Å². The number of rotatable bonds is 2. The predicted molar refractivity (Wildman–Crippen MR) is 78.0 cm³/mol. The first kappa shape index (κ1) is 13.9. The van der Waals surface area contributed by atoms with Gasteiger partial charge < -0.3 is 4.74 Å². The molecule has 96 valence electrons. The Morgan fingerprint density at radius 3 is 2.41 bits per heavy atom. The van der Waals surface area contributed by atoms with E-state index in [1.54, 1.807) is 11.3 Å². The van der Waals surface area contributed by atoms with Gasteiger partial charge in [0.1, 0.15) is 0 Å². The molecule has 1 aliphatic rings. The van der Waals surface area contributed by atoms with Crippen LogP contribution in [0.3, 0.4) is 0 Å². The molecular weight excluding hydrogens is 320 g/mol. The fourth-order valence-electron chi connectivity index (χ4n) is 2.66. The Morgan fingerprint density at radius 1 is 1.35 bits per heavy atom. The molecule has 0 saturated carbocycles. The molecule has 0 amide bonds. The molecule has 1 fully saturated rings. The van der Waals surface area contributed by atoms with Gasteiger partial charge in [-0.25, -0.2) is 0 Å². The first-order valence-corrected chi connectivity index (χ1v) is 8.01. The van der Waals surface area contributed by atoms with Crippen LogP contribution in [0.4, 0.5) is 0 Å². The molecule has 1 aromatic rings. The second-order valence-corrected chi connectivity index (χ2v) is 7.57. The Morgan fingerprint density at radius 2 is 2.00 bits per heavy atom. The fraction of sp³-hybridized carbons (Fsp3) is 0.692. The standard InChI is InChI=1S/C13H18BrClOS/c1-6-5-10(14)13(17-6)12(15)11-7(2)8(3)16-9(11)4/h5,7-9,11-12H,1-4H3. The third kappa shape index (κ3) is 2.58. The van der Waals surface area contributed by atoms with Gasteiger partial charge in [0.05, 0.1) is 17.6 Å². The van der Waals surface area contributed by atoms with Crippen LogP contribution < -0.4 is 0 Å². The predicted octanol–water partition coefficient (Wildman–Crippen LogP) is 5.16. The molecule has 0 N–H and O–H groups in total. The number of alkyl halides is 1. The Balaban J connectivity index is 2.25. The third-order valence-corrected chi connectivity index (χ3v) is 6.43. The molecule has 0 aromatic carbocycles. The fourth-order valence-corrected chi connectivity index (χ4v) is 5.41. The van der Waals surface area contributed by atoms with Gasteiger partial charge in [-0.1, -0.05) is 6.92 Å². The van der Waals surface area contributed by atoms with Gasteiger partial charge in [-0.15, -0.1) is 22.9 Å². The molecule has 2 heterocycles. The lowest BCUT2D eigenvalue weighted by Crippen LogP contribution is -2.21. The van der Waals surface area contributed by atoms with Gasteiger partial charge in [-0.3, -0.25) is 0 Å². The number of aryl methyl sites for hydroxylation is 1. The highest BCUT2D eigenvalue weighted by molar-refractivity contribution is 9.10. The largest absolute Gasteiger partial charge is 0.375 e. The van der Waals surface area contributed by atoms with Crippen molar-refractivity contribution in [1.29, 1.82) is 0 Å². The highest BCUT2D eigenvalue weighted by Gasteiger charge is 2.42. The summed E-state index contributed by atoms with van der Waals surface area (Å²) in [5.41, 5.74) is 0. The van der Waals surface area contributed by atoms with E-state index in [0.29, 0.717) is 17.9 Å². The molecule has 2 rings (SSSR count). The minimum absolute atomic E-state index is 0.0398. The summed E-state index contributed by atoms with van der Waals surface area (Å²) in [6.45, 7) is 8.62. The zero-order chi connectivity index (χ0) is 12.7. The van der Waals surface area contributed by atoms with Gasteiger partial charge in [-0.05, 0) is 48.7 Å². The van der Waals surface area contributed by atoms with Crippen LogP contribution >= 0.6 is 38.9 Å².